The SMILES string of the molecule is Cn1ncc2c(CN3CCNCC3)cccc21. The molecule has 0 spiro atoms. The van der Waals surface area contributed by atoms with Crippen LogP contribution < -0.4 is 5.32 Å². The molecule has 1 aromatic carbocycles. The highest BCUT2D eigenvalue weighted by Gasteiger charge is 2.12. The molecule has 90 valence electrons. The van der Waals surface area contributed by atoms with Gasteiger partial charge in [-0.2, -0.15) is 5.10 Å². The number of nitrogens with zero attached hydrogens (tertiary/aromatic N) is 3. The van der Waals surface area contributed by atoms with Crippen molar-refractivity contribution in [3.05, 3.63) is 30.0 Å². The predicted molar refractivity (Wildman–Crippen MR) is 68.9 cm³/mol. The van der Waals surface area contributed by atoms with Gasteiger partial charge in [-0.3, -0.25) is 9.58 Å². The van der Waals surface area contributed by atoms with Gasteiger partial charge in [0, 0.05) is 45.2 Å². The Bertz CT molecular complexity index is 511. The van der Waals surface area contributed by atoms with Gasteiger partial charge in [0.1, 0.15) is 0 Å². The number of aryl methyl sites for hydroxylation is 1. The lowest BCUT2D eigenvalue weighted by molar-refractivity contribution is 0.234. The maximum atomic E-state index is 4.34. The summed E-state index contributed by atoms with van der Waals surface area (Å²) in [5.74, 6) is 0. The standard InChI is InChI=1S/C13H18N4/c1-16-13-4-2-3-11(12(13)9-15-16)10-17-7-5-14-6-8-17/h2-4,9,14H,5-8,10H2,1H3. The molecule has 0 aliphatic carbocycles. The fraction of sp³-hybridized carbons (Fsp3) is 0.462. The first kappa shape index (κ1) is 10.7. The van der Waals surface area contributed by atoms with Crippen LogP contribution in [-0.4, -0.2) is 40.9 Å². The van der Waals surface area contributed by atoms with Crippen LogP contribution in [0.25, 0.3) is 10.9 Å². The number of piperazine rings is 1. The minimum atomic E-state index is 1.03. The highest BCUT2D eigenvalue weighted by atomic mass is 15.2. The van der Waals surface area contributed by atoms with Gasteiger partial charge in [-0.15, -0.1) is 0 Å². The number of benzene rings is 1. The summed E-state index contributed by atoms with van der Waals surface area (Å²) in [6, 6.07) is 6.47. The second-order valence-electron chi connectivity index (χ2n) is 4.64. The minimum Gasteiger partial charge on any atom is -0.314 e. The third kappa shape index (κ3) is 2.06. The Morgan fingerprint density at radius 3 is 2.94 bits per heavy atom. The van der Waals surface area contributed by atoms with E-state index in [-0.39, 0.29) is 0 Å². The van der Waals surface area contributed by atoms with E-state index in [9.17, 15) is 0 Å². The number of fused-ring (bicyclic) bond motifs is 1. The second-order valence-corrected chi connectivity index (χ2v) is 4.64. The van der Waals surface area contributed by atoms with Gasteiger partial charge in [0.25, 0.3) is 0 Å². The number of nitrogens with one attached hydrogen (secondary N) is 1. The smallest absolute Gasteiger partial charge is 0.0682 e. The number of rotatable bonds is 2. The molecule has 1 N–H and O–H groups in total. The van der Waals surface area contributed by atoms with Crippen molar-refractivity contribution >= 4 is 10.9 Å². The van der Waals surface area contributed by atoms with Crippen LogP contribution in [0.4, 0.5) is 0 Å². The average Bonchev–Trinajstić information content (AvgIpc) is 2.74. The summed E-state index contributed by atoms with van der Waals surface area (Å²) < 4.78 is 1.94. The molecule has 1 fully saturated rings. The lowest BCUT2D eigenvalue weighted by Crippen LogP contribution is -2.42. The van der Waals surface area contributed by atoms with Crippen LogP contribution in [0.1, 0.15) is 5.56 Å². The van der Waals surface area contributed by atoms with Crippen molar-refractivity contribution in [2.75, 3.05) is 26.2 Å². The topological polar surface area (TPSA) is 33.1 Å². The van der Waals surface area contributed by atoms with Crippen molar-refractivity contribution in [1.29, 1.82) is 0 Å². The zero-order chi connectivity index (χ0) is 11.7. The lowest BCUT2D eigenvalue weighted by atomic mass is 10.1. The van der Waals surface area contributed by atoms with E-state index < -0.39 is 0 Å². The quantitative estimate of drug-likeness (QED) is 0.835. The van der Waals surface area contributed by atoms with Gasteiger partial charge in [0.2, 0.25) is 0 Å². The van der Waals surface area contributed by atoms with E-state index in [0.29, 0.717) is 0 Å². The fourth-order valence-electron chi connectivity index (χ4n) is 2.49. The van der Waals surface area contributed by atoms with Crippen molar-refractivity contribution < 1.29 is 0 Å². The van der Waals surface area contributed by atoms with E-state index in [1.54, 1.807) is 0 Å². The van der Waals surface area contributed by atoms with Crippen molar-refractivity contribution in [2.45, 2.75) is 6.54 Å². The Kier molecular flexibility index (Phi) is 2.82. The predicted octanol–water partition coefficient (Wildman–Crippen LogP) is 0.978. The van der Waals surface area contributed by atoms with Crippen LogP contribution in [-0.2, 0) is 13.6 Å². The van der Waals surface area contributed by atoms with E-state index in [2.05, 4.69) is 33.5 Å². The van der Waals surface area contributed by atoms with Crippen LogP contribution in [0, 0.1) is 0 Å². The molecule has 1 saturated heterocycles. The number of aromatic nitrogens is 2. The third-order valence-electron chi connectivity index (χ3n) is 3.49. The monoisotopic (exact) mass is 230 g/mol. The van der Waals surface area contributed by atoms with Gasteiger partial charge in [-0.05, 0) is 11.6 Å². The molecule has 3 rings (SSSR count). The van der Waals surface area contributed by atoms with Gasteiger partial charge in [0.15, 0.2) is 0 Å². The van der Waals surface area contributed by atoms with Crippen molar-refractivity contribution in [2.24, 2.45) is 7.05 Å². The Morgan fingerprint density at radius 2 is 2.12 bits per heavy atom. The van der Waals surface area contributed by atoms with E-state index in [1.165, 1.54) is 16.5 Å². The molecule has 1 aliphatic rings. The molecule has 0 bridgehead atoms. The van der Waals surface area contributed by atoms with Gasteiger partial charge in [-0.1, -0.05) is 12.1 Å². The van der Waals surface area contributed by atoms with Crippen LogP contribution in [0.15, 0.2) is 24.4 Å². The molecule has 2 heterocycles. The van der Waals surface area contributed by atoms with Gasteiger partial charge < -0.3 is 5.32 Å². The minimum absolute atomic E-state index is 1.03. The first-order chi connectivity index (χ1) is 8.34. The Labute approximate surface area is 101 Å². The normalized spacial score (nSPS) is 17.7. The van der Waals surface area contributed by atoms with Gasteiger partial charge >= 0.3 is 0 Å². The summed E-state index contributed by atoms with van der Waals surface area (Å²) >= 11 is 0. The third-order valence-corrected chi connectivity index (χ3v) is 3.49. The first-order valence-electron chi connectivity index (χ1n) is 6.17. The zero-order valence-corrected chi connectivity index (χ0v) is 10.2. The molecule has 4 nitrogen and oxygen atoms in total. The van der Waals surface area contributed by atoms with Crippen LogP contribution >= 0.6 is 0 Å². The molecule has 0 unspecified atom stereocenters. The molecule has 0 saturated carbocycles. The lowest BCUT2D eigenvalue weighted by Gasteiger charge is -2.27. The van der Waals surface area contributed by atoms with E-state index >= 15 is 0 Å². The molecular weight excluding hydrogens is 212 g/mol. The van der Waals surface area contributed by atoms with E-state index in [4.69, 9.17) is 0 Å². The molecule has 17 heavy (non-hydrogen) atoms. The van der Waals surface area contributed by atoms with Gasteiger partial charge in [-0.25, -0.2) is 0 Å². The van der Waals surface area contributed by atoms with Crippen molar-refractivity contribution in [1.82, 2.24) is 20.0 Å². The molecule has 4 heteroatoms. The molecule has 1 aliphatic heterocycles. The maximum Gasteiger partial charge on any atom is 0.0682 e. The summed E-state index contributed by atoms with van der Waals surface area (Å²) in [5.41, 5.74) is 2.61. The maximum absolute atomic E-state index is 4.34. The van der Waals surface area contributed by atoms with Crippen LogP contribution in [0.5, 0.6) is 0 Å². The van der Waals surface area contributed by atoms with Gasteiger partial charge in [0.05, 0.1) is 11.7 Å². The highest BCUT2D eigenvalue weighted by molar-refractivity contribution is 5.82. The summed E-state index contributed by atoms with van der Waals surface area (Å²) in [5, 5.41) is 9.00. The summed E-state index contributed by atoms with van der Waals surface area (Å²) in [6.45, 7) is 5.50. The summed E-state index contributed by atoms with van der Waals surface area (Å²) in [6.07, 6.45) is 1.98. The van der Waals surface area contributed by atoms with Crippen molar-refractivity contribution in [3.63, 3.8) is 0 Å². The summed E-state index contributed by atoms with van der Waals surface area (Å²) in [7, 11) is 2.00. The molecule has 2 aromatic rings. The van der Waals surface area contributed by atoms with Crippen LogP contribution in [0.3, 0.4) is 0 Å². The van der Waals surface area contributed by atoms with E-state index in [0.717, 1.165) is 32.7 Å². The Hall–Kier alpha value is -1.39. The average molecular weight is 230 g/mol. The van der Waals surface area contributed by atoms with Crippen LogP contribution in [0.2, 0.25) is 0 Å². The molecular formula is C13H18N4. The second kappa shape index (κ2) is 4.47. The first-order valence-corrected chi connectivity index (χ1v) is 6.17. The molecule has 1 aromatic heterocycles. The Balaban J connectivity index is 1.89. The highest BCUT2D eigenvalue weighted by Crippen LogP contribution is 2.19. The van der Waals surface area contributed by atoms with Crippen molar-refractivity contribution in [3.8, 4) is 0 Å². The fourth-order valence-corrected chi connectivity index (χ4v) is 2.49. The zero-order valence-electron chi connectivity index (χ0n) is 10.2. The summed E-state index contributed by atoms with van der Waals surface area (Å²) in [4.78, 5) is 2.50. The Morgan fingerprint density at radius 1 is 1.29 bits per heavy atom. The largest absolute Gasteiger partial charge is 0.314 e. The number of hydrogen-bond acceptors (Lipinski definition) is 3. The number of hydrogen-bond donors (Lipinski definition) is 1. The molecule has 0 radical (unpaired) electrons. The van der Waals surface area contributed by atoms with E-state index in [1.807, 2.05) is 17.9 Å². The molecule has 0 atom stereocenters. The molecule has 0 amide bonds.